The highest BCUT2D eigenvalue weighted by Crippen LogP contribution is 2.31. The molecule has 0 fully saturated rings. The molecule has 1 aliphatic heterocycles. The third-order valence-corrected chi connectivity index (χ3v) is 2.70. The van der Waals surface area contributed by atoms with Gasteiger partial charge in [-0.2, -0.15) is 13.2 Å². The van der Waals surface area contributed by atoms with Crippen LogP contribution in [-0.2, 0) is 19.1 Å². The van der Waals surface area contributed by atoms with E-state index in [4.69, 9.17) is 0 Å². The number of hydrogen-bond acceptors (Lipinski definition) is 1. The Hall–Kier alpha value is -1.03. The minimum atomic E-state index is -4.23. The van der Waals surface area contributed by atoms with Gasteiger partial charge in [0.1, 0.15) is 0 Å². The van der Waals surface area contributed by atoms with Crippen LogP contribution in [0, 0.1) is 0 Å². The van der Waals surface area contributed by atoms with Crippen LogP contribution in [0.4, 0.5) is 13.2 Å². The molecule has 1 heterocycles. The average Bonchev–Trinajstić information content (AvgIpc) is 2.15. The smallest absolute Gasteiger partial charge is 0.310 e. The van der Waals surface area contributed by atoms with Crippen molar-refractivity contribution >= 4 is 0 Å². The van der Waals surface area contributed by atoms with E-state index in [1.807, 2.05) is 6.92 Å². The summed E-state index contributed by atoms with van der Waals surface area (Å²) in [5, 5.41) is 3.22. The average molecular weight is 215 g/mol. The molecule has 1 aromatic rings. The lowest BCUT2D eigenvalue weighted by Gasteiger charge is -2.24. The summed E-state index contributed by atoms with van der Waals surface area (Å²) in [5.74, 6) is 0. The van der Waals surface area contributed by atoms with Crippen molar-refractivity contribution in [2.24, 2.45) is 0 Å². The Labute approximate surface area is 86.3 Å². The Morgan fingerprint density at radius 2 is 2.00 bits per heavy atom. The van der Waals surface area contributed by atoms with E-state index in [0.717, 1.165) is 17.2 Å². The van der Waals surface area contributed by atoms with Gasteiger partial charge in [-0.25, -0.2) is 0 Å². The zero-order chi connectivity index (χ0) is 11.1. The Morgan fingerprint density at radius 1 is 1.27 bits per heavy atom. The van der Waals surface area contributed by atoms with Gasteiger partial charge in [0.25, 0.3) is 0 Å². The van der Waals surface area contributed by atoms with Crippen LogP contribution in [0.5, 0.6) is 0 Å². The van der Waals surface area contributed by atoms with E-state index < -0.39 is 11.7 Å². The number of fused-ring (bicyclic) bond motifs is 1. The van der Waals surface area contributed by atoms with Gasteiger partial charge in [0.2, 0.25) is 0 Å². The highest BCUT2D eigenvalue weighted by atomic mass is 19.4. The van der Waals surface area contributed by atoms with Gasteiger partial charge in [0.05, 0.1) is 5.56 Å². The van der Waals surface area contributed by atoms with Crippen LogP contribution in [0.25, 0.3) is 0 Å². The first-order valence-corrected chi connectivity index (χ1v) is 4.89. The van der Waals surface area contributed by atoms with E-state index in [1.165, 1.54) is 6.07 Å². The first-order chi connectivity index (χ1) is 6.97. The van der Waals surface area contributed by atoms with Gasteiger partial charge < -0.3 is 5.32 Å². The van der Waals surface area contributed by atoms with Crippen LogP contribution in [0.1, 0.15) is 23.6 Å². The molecule has 0 unspecified atom stereocenters. The molecule has 0 aromatic heterocycles. The molecular weight excluding hydrogens is 203 g/mol. The van der Waals surface area contributed by atoms with Crippen LogP contribution >= 0.6 is 0 Å². The summed E-state index contributed by atoms with van der Waals surface area (Å²) in [6.07, 6.45) is -3.57. The number of rotatable bonds is 0. The minimum absolute atomic E-state index is 0.251. The van der Waals surface area contributed by atoms with Gasteiger partial charge in [-0.3, -0.25) is 0 Å². The Kier molecular flexibility index (Phi) is 2.46. The molecule has 0 radical (unpaired) electrons. The lowest BCUT2D eigenvalue weighted by atomic mass is 9.94. The van der Waals surface area contributed by atoms with Crippen molar-refractivity contribution in [1.82, 2.24) is 5.32 Å². The van der Waals surface area contributed by atoms with E-state index >= 15 is 0 Å². The summed E-state index contributed by atoms with van der Waals surface area (Å²) in [6, 6.07) is 4.24. The van der Waals surface area contributed by atoms with Gasteiger partial charge >= 0.3 is 6.18 Å². The van der Waals surface area contributed by atoms with Crippen molar-refractivity contribution in [2.75, 3.05) is 0 Å². The second-order valence-corrected chi connectivity index (χ2v) is 3.97. The lowest BCUT2D eigenvalue weighted by Crippen LogP contribution is -2.33. The molecule has 0 saturated heterocycles. The van der Waals surface area contributed by atoms with Crippen LogP contribution in [0.2, 0.25) is 0 Å². The van der Waals surface area contributed by atoms with E-state index in [1.54, 1.807) is 6.07 Å². The first-order valence-electron chi connectivity index (χ1n) is 4.89. The molecule has 4 heteroatoms. The maximum absolute atomic E-state index is 12.4. The largest absolute Gasteiger partial charge is 0.416 e. The minimum Gasteiger partial charge on any atom is -0.310 e. The summed E-state index contributed by atoms with van der Waals surface area (Å²) < 4.78 is 37.3. The molecule has 82 valence electrons. The standard InChI is InChI=1S/C11H12F3N/c1-7-4-9-5-10(11(12,13)14)3-2-8(9)6-15-7/h2-3,5,7,15H,4,6H2,1H3/t7-/m0/s1. The fourth-order valence-electron chi connectivity index (χ4n) is 1.85. The normalized spacial score (nSPS) is 21.2. The van der Waals surface area contributed by atoms with Crippen LogP contribution < -0.4 is 5.32 Å². The van der Waals surface area contributed by atoms with Gasteiger partial charge in [-0.15, -0.1) is 0 Å². The molecule has 0 amide bonds. The number of alkyl halides is 3. The van der Waals surface area contributed by atoms with Crippen LogP contribution in [-0.4, -0.2) is 6.04 Å². The van der Waals surface area contributed by atoms with E-state index in [2.05, 4.69) is 5.32 Å². The summed E-state index contributed by atoms with van der Waals surface area (Å²) in [4.78, 5) is 0. The molecule has 15 heavy (non-hydrogen) atoms. The second-order valence-electron chi connectivity index (χ2n) is 3.97. The number of halogens is 3. The summed E-state index contributed by atoms with van der Waals surface area (Å²) >= 11 is 0. The molecule has 2 rings (SSSR count). The Morgan fingerprint density at radius 3 is 2.67 bits per heavy atom. The van der Waals surface area contributed by atoms with Crippen LogP contribution in [0.15, 0.2) is 18.2 Å². The molecule has 1 nitrogen and oxygen atoms in total. The molecule has 1 aromatic carbocycles. The number of nitrogens with one attached hydrogen (secondary N) is 1. The summed E-state index contributed by atoms with van der Waals surface area (Å²) in [7, 11) is 0. The fraction of sp³-hybridized carbons (Fsp3) is 0.455. The molecule has 1 aliphatic rings. The predicted octanol–water partition coefficient (Wildman–Crippen LogP) is 2.74. The number of benzene rings is 1. The van der Waals surface area contributed by atoms with Crippen molar-refractivity contribution in [3.8, 4) is 0 Å². The lowest BCUT2D eigenvalue weighted by molar-refractivity contribution is -0.137. The Bertz CT molecular complexity index is 371. The zero-order valence-corrected chi connectivity index (χ0v) is 8.36. The van der Waals surface area contributed by atoms with Crippen molar-refractivity contribution in [3.63, 3.8) is 0 Å². The van der Waals surface area contributed by atoms with Crippen molar-refractivity contribution in [1.29, 1.82) is 0 Å². The SMILES string of the molecule is C[C@H]1Cc2cc(C(F)(F)F)ccc2CN1. The van der Waals surface area contributed by atoms with Gasteiger partial charge in [0.15, 0.2) is 0 Å². The molecule has 1 atom stereocenters. The maximum Gasteiger partial charge on any atom is 0.416 e. The highest BCUT2D eigenvalue weighted by molar-refractivity contribution is 5.35. The highest BCUT2D eigenvalue weighted by Gasteiger charge is 2.31. The fourth-order valence-corrected chi connectivity index (χ4v) is 1.85. The molecule has 0 aliphatic carbocycles. The third-order valence-electron chi connectivity index (χ3n) is 2.70. The molecule has 0 saturated carbocycles. The van der Waals surface area contributed by atoms with Crippen LogP contribution in [0.3, 0.4) is 0 Å². The second kappa shape index (κ2) is 3.52. The molecular formula is C11H12F3N. The molecule has 0 spiro atoms. The quantitative estimate of drug-likeness (QED) is 0.701. The van der Waals surface area contributed by atoms with E-state index in [0.29, 0.717) is 13.0 Å². The van der Waals surface area contributed by atoms with Crippen molar-refractivity contribution < 1.29 is 13.2 Å². The van der Waals surface area contributed by atoms with Crippen molar-refractivity contribution in [3.05, 3.63) is 34.9 Å². The first kappa shape index (κ1) is 10.5. The Balaban J connectivity index is 2.37. The summed E-state index contributed by atoms with van der Waals surface area (Å²) in [6.45, 7) is 2.64. The monoisotopic (exact) mass is 215 g/mol. The number of hydrogen-bond donors (Lipinski definition) is 1. The topological polar surface area (TPSA) is 12.0 Å². The van der Waals surface area contributed by atoms with Gasteiger partial charge in [0, 0.05) is 12.6 Å². The van der Waals surface area contributed by atoms with Gasteiger partial charge in [-0.05, 0) is 36.6 Å². The van der Waals surface area contributed by atoms with E-state index in [9.17, 15) is 13.2 Å². The molecule has 0 bridgehead atoms. The van der Waals surface area contributed by atoms with E-state index in [-0.39, 0.29) is 6.04 Å². The van der Waals surface area contributed by atoms with Crippen molar-refractivity contribution in [2.45, 2.75) is 32.1 Å². The summed E-state index contributed by atoms with van der Waals surface area (Å²) in [5.41, 5.74) is 1.24. The van der Waals surface area contributed by atoms with Gasteiger partial charge in [-0.1, -0.05) is 6.07 Å². The zero-order valence-electron chi connectivity index (χ0n) is 8.36. The molecule has 1 N–H and O–H groups in total. The third kappa shape index (κ3) is 2.15. The predicted molar refractivity (Wildman–Crippen MR) is 51.4 cm³/mol. The maximum atomic E-state index is 12.4.